The lowest BCUT2D eigenvalue weighted by atomic mass is 10.2. The molecule has 3 rings (SSSR count). The van der Waals surface area contributed by atoms with E-state index in [0.29, 0.717) is 40.7 Å². The molecule has 30 heavy (non-hydrogen) atoms. The van der Waals surface area contributed by atoms with Crippen LogP contribution in [0.3, 0.4) is 0 Å². The maximum atomic E-state index is 12.8. The number of aromatic amines is 1. The molecular formula is C21H23ClN4O3S. The van der Waals surface area contributed by atoms with Gasteiger partial charge in [-0.1, -0.05) is 31.5 Å². The van der Waals surface area contributed by atoms with Gasteiger partial charge in [0.1, 0.15) is 0 Å². The number of hydrogen-bond acceptors (Lipinski definition) is 4. The summed E-state index contributed by atoms with van der Waals surface area (Å²) in [5.74, 6) is 0. The highest BCUT2D eigenvalue weighted by atomic mass is 35.5. The number of nitrogens with zero attached hydrogens (tertiary/aromatic N) is 3. The Balaban J connectivity index is 1.88. The number of benzene rings is 2. The number of aliphatic imine (C=N–C) groups is 1. The molecule has 0 radical (unpaired) electrons. The molecule has 0 amide bonds. The number of hydrogen-bond donors (Lipinski definition) is 1. The normalized spacial score (nSPS) is 12.2. The largest absolute Gasteiger partial charge is 0.295 e. The Hall–Kier alpha value is -2.68. The summed E-state index contributed by atoms with van der Waals surface area (Å²) in [6, 6.07) is 13.2. The zero-order chi connectivity index (χ0) is 21.9. The van der Waals surface area contributed by atoms with E-state index in [1.165, 1.54) is 27.3 Å². The molecule has 7 nitrogen and oxygen atoms in total. The first-order chi connectivity index (χ1) is 14.3. The van der Waals surface area contributed by atoms with Gasteiger partial charge < -0.3 is 0 Å². The molecule has 158 valence electrons. The fourth-order valence-corrected chi connectivity index (χ4v) is 4.71. The first kappa shape index (κ1) is 22.0. The van der Waals surface area contributed by atoms with Gasteiger partial charge in [-0.15, -0.1) is 0 Å². The predicted octanol–water partition coefficient (Wildman–Crippen LogP) is 3.91. The van der Waals surface area contributed by atoms with Gasteiger partial charge in [-0.05, 0) is 49.4 Å². The average molecular weight is 447 g/mol. The zero-order valence-electron chi connectivity index (χ0n) is 17.0. The molecule has 0 aliphatic heterocycles. The van der Waals surface area contributed by atoms with E-state index in [1.807, 2.05) is 0 Å². The minimum absolute atomic E-state index is 0.214. The lowest BCUT2D eigenvalue weighted by Crippen LogP contribution is -2.30. The first-order valence-electron chi connectivity index (χ1n) is 9.49. The number of H-pyrrole nitrogens is 1. The molecular weight excluding hydrogens is 424 g/mol. The van der Waals surface area contributed by atoms with Crippen LogP contribution in [-0.4, -0.2) is 41.8 Å². The van der Waals surface area contributed by atoms with Crippen molar-refractivity contribution in [2.45, 2.75) is 25.7 Å². The minimum Gasteiger partial charge on any atom is -0.295 e. The predicted molar refractivity (Wildman–Crippen MR) is 120 cm³/mol. The molecule has 1 N–H and O–H groups in total. The average Bonchev–Trinajstić information content (AvgIpc) is 3.01. The third-order valence-electron chi connectivity index (χ3n) is 4.71. The molecule has 1 aromatic heterocycles. The van der Waals surface area contributed by atoms with E-state index in [9.17, 15) is 13.2 Å². The summed E-state index contributed by atoms with van der Waals surface area (Å²) >= 11 is 6.02. The van der Waals surface area contributed by atoms with E-state index in [0.717, 1.165) is 0 Å². The molecule has 9 heteroatoms. The van der Waals surface area contributed by atoms with Gasteiger partial charge in [0.25, 0.3) is 5.56 Å². The molecule has 2 aromatic carbocycles. The van der Waals surface area contributed by atoms with Crippen LogP contribution in [0.5, 0.6) is 0 Å². The van der Waals surface area contributed by atoms with Crippen molar-refractivity contribution >= 4 is 33.5 Å². The standard InChI is InChI=1S/C21H23ClN4O3S/c1-4-25(5-2)30(28,29)19-11-9-17(10-12-19)23-14-20-15(3)24-26(21(20)27)18-8-6-7-16(22)13-18/h6-14,24H,4-5H2,1-3H3. The van der Waals surface area contributed by atoms with E-state index in [-0.39, 0.29) is 10.5 Å². The fourth-order valence-electron chi connectivity index (χ4n) is 3.06. The molecule has 3 aromatic rings. The number of aromatic nitrogens is 2. The molecule has 1 heterocycles. The van der Waals surface area contributed by atoms with Crippen LogP contribution in [0.1, 0.15) is 25.1 Å². The van der Waals surface area contributed by atoms with Crippen LogP contribution in [0.4, 0.5) is 5.69 Å². The van der Waals surface area contributed by atoms with Gasteiger partial charge in [0.2, 0.25) is 10.0 Å². The monoisotopic (exact) mass is 446 g/mol. The van der Waals surface area contributed by atoms with E-state index in [4.69, 9.17) is 11.6 Å². The van der Waals surface area contributed by atoms with Crippen molar-refractivity contribution in [1.29, 1.82) is 0 Å². The highest BCUT2D eigenvalue weighted by Crippen LogP contribution is 2.20. The second-order valence-electron chi connectivity index (χ2n) is 6.61. The molecule has 0 atom stereocenters. The number of halogens is 1. The maximum absolute atomic E-state index is 12.8. The molecule has 0 aliphatic rings. The maximum Gasteiger partial charge on any atom is 0.280 e. The second kappa shape index (κ2) is 8.99. The van der Waals surface area contributed by atoms with Crippen LogP contribution >= 0.6 is 11.6 Å². The van der Waals surface area contributed by atoms with Crippen LogP contribution in [-0.2, 0) is 10.0 Å². The van der Waals surface area contributed by atoms with Crippen molar-refractivity contribution in [1.82, 2.24) is 14.1 Å². The number of sulfonamides is 1. The second-order valence-corrected chi connectivity index (χ2v) is 8.99. The number of nitrogens with one attached hydrogen (secondary N) is 1. The molecule has 0 unspecified atom stereocenters. The van der Waals surface area contributed by atoms with Crippen LogP contribution < -0.4 is 5.56 Å². The quantitative estimate of drug-likeness (QED) is 0.558. The fraction of sp³-hybridized carbons (Fsp3) is 0.238. The van der Waals surface area contributed by atoms with Gasteiger partial charge in [0.15, 0.2) is 0 Å². The van der Waals surface area contributed by atoms with Crippen molar-refractivity contribution in [3.63, 3.8) is 0 Å². The Morgan fingerprint density at radius 1 is 1.13 bits per heavy atom. The molecule has 0 saturated carbocycles. The Morgan fingerprint density at radius 2 is 1.80 bits per heavy atom. The smallest absolute Gasteiger partial charge is 0.280 e. The molecule has 0 bridgehead atoms. The molecule has 0 fully saturated rings. The van der Waals surface area contributed by atoms with E-state index in [1.54, 1.807) is 57.2 Å². The summed E-state index contributed by atoms with van der Waals surface area (Å²) in [6.07, 6.45) is 1.48. The van der Waals surface area contributed by atoms with Crippen molar-refractivity contribution in [2.75, 3.05) is 13.1 Å². The molecule has 0 saturated heterocycles. The summed E-state index contributed by atoms with van der Waals surface area (Å²) < 4.78 is 27.9. The van der Waals surface area contributed by atoms with Crippen molar-refractivity contribution in [3.8, 4) is 5.69 Å². The summed E-state index contributed by atoms with van der Waals surface area (Å²) in [5.41, 5.74) is 1.99. The summed E-state index contributed by atoms with van der Waals surface area (Å²) in [7, 11) is -3.52. The highest BCUT2D eigenvalue weighted by Gasteiger charge is 2.21. The Labute approximate surface area is 180 Å². The first-order valence-corrected chi connectivity index (χ1v) is 11.3. The van der Waals surface area contributed by atoms with Crippen LogP contribution in [0, 0.1) is 6.92 Å². The van der Waals surface area contributed by atoms with E-state index in [2.05, 4.69) is 10.1 Å². The lowest BCUT2D eigenvalue weighted by Gasteiger charge is -2.18. The number of aryl methyl sites for hydroxylation is 1. The lowest BCUT2D eigenvalue weighted by molar-refractivity contribution is 0.445. The van der Waals surface area contributed by atoms with Gasteiger partial charge in [-0.3, -0.25) is 14.9 Å². The van der Waals surface area contributed by atoms with Crippen molar-refractivity contribution in [2.24, 2.45) is 4.99 Å². The summed E-state index contributed by atoms with van der Waals surface area (Å²) in [5, 5.41) is 3.55. The van der Waals surface area contributed by atoms with Gasteiger partial charge in [0, 0.05) is 30.0 Å². The highest BCUT2D eigenvalue weighted by molar-refractivity contribution is 7.89. The minimum atomic E-state index is -3.52. The third kappa shape index (κ3) is 4.40. The number of rotatable bonds is 7. The summed E-state index contributed by atoms with van der Waals surface area (Å²) in [6.45, 7) is 6.20. The van der Waals surface area contributed by atoms with Gasteiger partial charge >= 0.3 is 0 Å². The molecule has 0 spiro atoms. The Morgan fingerprint density at radius 3 is 2.40 bits per heavy atom. The van der Waals surface area contributed by atoms with E-state index < -0.39 is 10.0 Å². The van der Waals surface area contributed by atoms with Gasteiger partial charge in [-0.2, -0.15) is 4.31 Å². The Kier molecular flexibility index (Phi) is 6.60. The molecule has 0 aliphatic carbocycles. The SMILES string of the molecule is CCN(CC)S(=O)(=O)c1ccc(N=Cc2c(C)[nH]n(-c3cccc(Cl)c3)c2=O)cc1. The van der Waals surface area contributed by atoms with Crippen LogP contribution in [0.15, 0.2) is 63.2 Å². The van der Waals surface area contributed by atoms with Gasteiger partial charge in [0.05, 0.1) is 21.8 Å². The topological polar surface area (TPSA) is 87.5 Å². The van der Waals surface area contributed by atoms with Crippen LogP contribution in [0.2, 0.25) is 5.02 Å². The van der Waals surface area contributed by atoms with Crippen molar-refractivity contribution in [3.05, 3.63) is 75.2 Å². The Bertz CT molecular complexity index is 1220. The summed E-state index contributed by atoms with van der Waals surface area (Å²) in [4.78, 5) is 17.3. The van der Waals surface area contributed by atoms with E-state index >= 15 is 0 Å². The van der Waals surface area contributed by atoms with Crippen molar-refractivity contribution < 1.29 is 8.42 Å². The zero-order valence-corrected chi connectivity index (χ0v) is 18.5. The van der Waals surface area contributed by atoms with Crippen LogP contribution in [0.25, 0.3) is 5.69 Å². The van der Waals surface area contributed by atoms with Gasteiger partial charge in [-0.25, -0.2) is 13.1 Å². The third-order valence-corrected chi connectivity index (χ3v) is 7.01.